The fraction of sp³-hybridized carbons (Fsp3) is 0.267. The lowest BCUT2D eigenvalue weighted by molar-refractivity contribution is 0.0963. The Morgan fingerprint density at radius 1 is 1.40 bits per heavy atom. The van der Waals surface area contributed by atoms with Gasteiger partial charge in [-0.1, -0.05) is 18.5 Å². The molecule has 1 atom stereocenters. The van der Waals surface area contributed by atoms with E-state index < -0.39 is 0 Å². The summed E-state index contributed by atoms with van der Waals surface area (Å²) < 4.78 is 5.41. The Balaban J connectivity index is 2.23. The van der Waals surface area contributed by atoms with Gasteiger partial charge in [0, 0.05) is 12.7 Å². The number of furan rings is 1. The maximum absolute atomic E-state index is 11.7. The molecule has 0 saturated carbocycles. The number of hydrogen-bond donors (Lipinski definition) is 2. The Kier molecular flexibility index (Phi) is 4.69. The minimum absolute atomic E-state index is 0.0590. The number of amides is 1. The molecule has 1 aromatic heterocycles. The minimum Gasteiger partial charge on any atom is -0.467 e. The predicted molar refractivity (Wildman–Crippen MR) is 80.2 cm³/mol. The predicted octanol–water partition coefficient (Wildman–Crippen LogP) is 3.86. The zero-order valence-corrected chi connectivity index (χ0v) is 12.2. The van der Waals surface area contributed by atoms with Crippen LogP contribution in [0.3, 0.4) is 0 Å². The van der Waals surface area contributed by atoms with Gasteiger partial charge in [-0.05, 0) is 36.8 Å². The van der Waals surface area contributed by atoms with Crippen molar-refractivity contribution in [3.63, 3.8) is 0 Å². The van der Waals surface area contributed by atoms with E-state index in [-0.39, 0.29) is 11.9 Å². The Morgan fingerprint density at radius 2 is 2.20 bits per heavy atom. The number of benzene rings is 1. The van der Waals surface area contributed by atoms with Crippen LogP contribution in [0.25, 0.3) is 0 Å². The fourth-order valence-corrected chi connectivity index (χ4v) is 2.19. The molecule has 0 bridgehead atoms. The quantitative estimate of drug-likeness (QED) is 0.880. The number of carbonyl (C=O) groups excluding carboxylic acids is 1. The number of carbonyl (C=O) groups is 1. The average Bonchev–Trinajstić information content (AvgIpc) is 2.99. The monoisotopic (exact) mass is 292 g/mol. The summed E-state index contributed by atoms with van der Waals surface area (Å²) in [5.41, 5.74) is 1.28. The second-order valence-corrected chi connectivity index (χ2v) is 4.80. The molecule has 2 rings (SSSR count). The van der Waals surface area contributed by atoms with Gasteiger partial charge in [-0.25, -0.2) is 0 Å². The standard InChI is InChI=1S/C15H17ClN2O2/c1-3-13(14-5-4-8-20-14)18-10-6-7-12(16)11(9-10)15(19)17-2/h4-9,13,18H,3H2,1-2H3,(H,17,19). The van der Waals surface area contributed by atoms with Gasteiger partial charge >= 0.3 is 0 Å². The van der Waals surface area contributed by atoms with Crippen LogP contribution in [0.15, 0.2) is 41.0 Å². The molecule has 1 unspecified atom stereocenters. The number of hydrogen-bond acceptors (Lipinski definition) is 3. The molecule has 20 heavy (non-hydrogen) atoms. The SMILES string of the molecule is CCC(Nc1ccc(Cl)c(C(=O)NC)c1)c1ccco1. The second kappa shape index (κ2) is 6.48. The van der Waals surface area contributed by atoms with Crippen LogP contribution in [0.1, 0.15) is 35.5 Å². The van der Waals surface area contributed by atoms with Crippen molar-refractivity contribution in [3.8, 4) is 0 Å². The number of anilines is 1. The second-order valence-electron chi connectivity index (χ2n) is 4.39. The normalized spacial score (nSPS) is 11.9. The van der Waals surface area contributed by atoms with Crippen molar-refractivity contribution >= 4 is 23.2 Å². The molecule has 5 heteroatoms. The van der Waals surface area contributed by atoms with Crippen LogP contribution in [0, 0.1) is 0 Å². The Morgan fingerprint density at radius 3 is 2.80 bits per heavy atom. The summed E-state index contributed by atoms with van der Waals surface area (Å²) in [6.07, 6.45) is 2.52. The van der Waals surface area contributed by atoms with Crippen LogP contribution in [0.4, 0.5) is 5.69 Å². The van der Waals surface area contributed by atoms with Gasteiger partial charge in [0.15, 0.2) is 0 Å². The van der Waals surface area contributed by atoms with Crippen LogP contribution in [-0.2, 0) is 0 Å². The summed E-state index contributed by atoms with van der Waals surface area (Å²) in [5, 5.41) is 6.35. The van der Waals surface area contributed by atoms with E-state index in [4.69, 9.17) is 16.0 Å². The molecule has 0 spiro atoms. The topological polar surface area (TPSA) is 54.3 Å². The highest BCUT2D eigenvalue weighted by molar-refractivity contribution is 6.34. The third-order valence-corrected chi connectivity index (χ3v) is 3.40. The van der Waals surface area contributed by atoms with E-state index >= 15 is 0 Å². The van der Waals surface area contributed by atoms with E-state index in [9.17, 15) is 4.79 Å². The van der Waals surface area contributed by atoms with Crippen molar-refractivity contribution in [1.29, 1.82) is 0 Å². The lowest BCUT2D eigenvalue weighted by Gasteiger charge is -2.17. The minimum atomic E-state index is -0.204. The highest BCUT2D eigenvalue weighted by Crippen LogP contribution is 2.26. The summed E-state index contributed by atoms with van der Waals surface area (Å²) in [6.45, 7) is 2.07. The first-order valence-electron chi connectivity index (χ1n) is 6.47. The van der Waals surface area contributed by atoms with Crippen LogP contribution >= 0.6 is 11.6 Å². The number of halogens is 1. The number of nitrogens with one attached hydrogen (secondary N) is 2. The maximum atomic E-state index is 11.7. The molecule has 0 saturated heterocycles. The summed E-state index contributed by atoms with van der Waals surface area (Å²) in [4.78, 5) is 11.7. The van der Waals surface area contributed by atoms with Crippen molar-refractivity contribution in [2.45, 2.75) is 19.4 Å². The lowest BCUT2D eigenvalue weighted by Crippen LogP contribution is -2.18. The van der Waals surface area contributed by atoms with Crippen LogP contribution in [0.5, 0.6) is 0 Å². The molecule has 1 aromatic carbocycles. The Hall–Kier alpha value is -1.94. The first-order valence-corrected chi connectivity index (χ1v) is 6.85. The molecule has 2 N–H and O–H groups in total. The first kappa shape index (κ1) is 14.5. The third-order valence-electron chi connectivity index (χ3n) is 3.07. The van der Waals surface area contributed by atoms with E-state index in [1.807, 2.05) is 18.2 Å². The molecule has 0 aliphatic heterocycles. The maximum Gasteiger partial charge on any atom is 0.252 e. The van der Waals surface area contributed by atoms with Crippen LogP contribution in [-0.4, -0.2) is 13.0 Å². The van der Waals surface area contributed by atoms with E-state index in [0.29, 0.717) is 10.6 Å². The van der Waals surface area contributed by atoms with Gasteiger partial charge in [-0.2, -0.15) is 0 Å². The zero-order valence-electron chi connectivity index (χ0n) is 11.4. The fourth-order valence-electron chi connectivity index (χ4n) is 1.99. The van der Waals surface area contributed by atoms with Gasteiger partial charge in [-0.15, -0.1) is 0 Å². The van der Waals surface area contributed by atoms with Gasteiger partial charge in [0.25, 0.3) is 5.91 Å². The highest BCUT2D eigenvalue weighted by atomic mass is 35.5. The molecule has 0 aliphatic carbocycles. The summed E-state index contributed by atoms with van der Waals surface area (Å²) >= 11 is 6.03. The Labute approximate surface area is 123 Å². The van der Waals surface area contributed by atoms with E-state index in [1.54, 1.807) is 25.4 Å². The van der Waals surface area contributed by atoms with Gasteiger partial charge in [0.2, 0.25) is 0 Å². The smallest absolute Gasteiger partial charge is 0.252 e. The molecule has 0 aliphatic rings. The first-order chi connectivity index (χ1) is 9.65. The molecule has 2 aromatic rings. The van der Waals surface area contributed by atoms with Gasteiger partial charge < -0.3 is 15.1 Å². The van der Waals surface area contributed by atoms with E-state index in [1.165, 1.54) is 0 Å². The van der Waals surface area contributed by atoms with Crippen molar-refractivity contribution < 1.29 is 9.21 Å². The Bertz CT molecular complexity index is 582. The van der Waals surface area contributed by atoms with Crippen molar-refractivity contribution in [1.82, 2.24) is 5.32 Å². The highest BCUT2D eigenvalue weighted by Gasteiger charge is 2.14. The largest absolute Gasteiger partial charge is 0.467 e. The number of rotatable bonds is 5. The summed E-state index contributed by atoms with van der Waals surface area (Å²) in [6, 6.07) is 9.15. The van der Waals surface area contributed by atoms with Gasteiger partial charge in [-0.3, -0.25) is 4.79 Å². The van der Waals surface area contributed by atoms with Crippen molar-refractivity contribution in [3.05, 3.63) is 52.9 Å². The van der Waals surface area contributed by atoms with Crippen LogP contribution < -0.4 is 10.6 Å². The molecular formula is C15H17ClN2O2. The molecule has 1 amide bonds. The molecule has 0 fully saturated rings. The zero-order chi connectivity index (χ0) is 14.5. The van der Waals surface area contributed by atoms with E-state index in [0.717, 1.165) is 17.9 Å². The van der Waals surface area contributed by atoms with Crippen molar-refractivity contribution in [2.24, 2.45) is 0 Å². The van der Waals surface area contributed by atoms with E-state index in [2.05, 4.69) is 17.6 Å². The molecule has 4 nitrogen and oxygen atoms in total. The van der Waals surface area contributed by atoms with Gasteiger partial charge in [0.1, 0.15) is 5.76 Å². The lowest BCUT2D eigenvalue weighted by atomic mass is 10.1. The van der Waals surface area contributed by atoms with Gasteiger partial charge in [0.05, 0.1) is 22.9 Å². The van der Waals surface area contributed by atoms with Crippen molar-refractivity contribution in [2.75, 3.05) is 12.4 Å². The molecule has 106 valence electrons. The van der Waals surface area contributed by atoms with Crippen LogP contribution in [0.2, 0.25) is 5.02 Å². The molecular weight excluding hydrogens is 276 g/mol. The average molecular weight is 293 g/mol. The summed E-state index contributed by atoms with van der Waals surface area (Å²) in [7, 11) is 1.58. The molecule has 1 heterocycles. The molecule has 0 radical (unpaired) electrons. The summed E-state index contributed by atoms with van der Waals surface area (Å²) in [5.74, 6) is 0.661. The third kappa shape index (κ3) is 3.14.